The van der Waals surface area contributed by atoms with Crippen molar-refractivity contribution in [2.45, 2.75) is 242 Å². The Hall–Kier alpha value is -1.01. The molecule has 14 heteroatoms. The molecule has 2 aliphatic rings. The van der Waals surface area contributed by atoms with Crippen molar-refractivity contribution in [3.05, 3.63) is 0 Å². The molecule has 2 heterocycles. The first-order chi connectivity index (χ1) is 27.1. The molecular formula is C42H81NO13. The lowest BCUT2D eigenvalue weighted by Gasteiger charge is -2.46. The van der Waals surface area contributed by atoms with Crippen LogP contribution < -0.4 is 5.32 Å². The summed E-state index contributed by atoms with van der Waals surface area (Å²) in [5, 5.41) is 85.9. The highest BCUT2D eigenvalue weighted by atomic mass is 16.7. The molecule has 0 saturated carbocycles. The molecule has 12 unspecified atom stereocenters. The molecule has 2 aliphatic heterocycles. The fourth-order valence-corrected chi connectivity index (χ4v) is 7.59. The van der Waals surface area contributed by atoms with E-state index >= 15 is 0 Å². The van der Waals surface area contributed by atoms with E-state index in [-0.39, 0.29) is 12.5 Å². The van der Waals surface area contributed by atoms with E-state index in [4.69, 9.17) is 18.9 Å². The van der Waals surface area contributed by atoms with Crippen molar-refractivity contribution in [1.82, 2.24) is 5.32 Å². The molecule has 0 spiro atoms. The highest BCUT2D eigenvalue weighted by Gasteiger charge is 2.51. The highest BCUT2D eigenvalue weighted by Crippen LogP contribution is 2.30. The normalized spacial score (nSPS) is 29.3. The van der Waals surface area contributed by atoms with Gasteiger partial charge in [-0.2, -0.15) is 0 Å². The molecule has 332 valence electrons. The van der Waals surface area contributed by atoms with E-state index in [1.807, 2.05) is 0 Å². The number of hydrogen-bond donors (Lipinski definition) is 9. The van der Waals surface area contributed by atoms with Crippen LogP contribution in [0.5, 0.6) is 0 Å². The lowest BCUT2D eigenvalue weighted by atomic mass is 9.97. The molecular weight excluding hydrogens is 726 g/mol. The van der Waals surface area contributed by atoms with Crippen LogP contribution in [0.3, 0.4) is 0 Å². The predicted molar refractivity (Wildman–Crippen MR) is 212 cm³/mol. The van der Waals surface area contributed by atoms with Gasteiger partial charge in [-0.25, -0.2) is 0 Å². The fraction of sp³-hybridized carbons (Fsp3) is 0.976. The maximum Gasteiger partial charge on any atom is 0.220 e. The van der Waals surface area contributed by atoms with Gasteiger partial charge in [-0.1, -0.05) is 149 Å². The van der Waals surface area contributed by atoms with Gasteiger partial charge in [0, 0.05) is 6.42 Å². The number of carbonyl (C=O) groups excluding carboxylic acids is 1. The smallest absolute Gasteiger partial charge is 0.220 e. The topological polar surface area (TPSA) is 228 Å². The SMILES string of the molecule is CCCCCCCCCCCCCCCCCCCCC(=O)NC(COC1OC(CO)C(OC2OC(CO)C(O)C(O)C2O)C(O)C1O)C(O)CCCCCC. The van der Waals surface area contributed by atoms with Crippen LogP contribution in [0.25, 0.3) is 0 Å². The van der Waals surface area contributed by atoms with E-state index in [2.05, 4.69) is 19.2 Å². The van der Waals surface area contributed by atoms with Crippen LogP contribution in [0.15, 0.2) is 0 Å². The van der Waals surface area contributed by atoms with Crippen LogP contribution in [-0.2, 0) is 23.7 Å². The first-order valence-corrected chi connectivity index (χ1v) is 22.3. The Kier molecular flexibility index (Phi) is 28.3. The van der Waals surface area contributed by atoms with Gasteiger partial charge >= 0.3 is 0 Å². The zero-order valence-corrected chi connectivity index (χ0v) is 34.6. The Bertz CT molecular complexity index is 962. The second kappa shape index (κ2) is 30.9. The van der Waals surface area contributed by atoms with E-state index in [0.717, 1.165) is 51.4 Å². The van der Waals surface area contributed by atoms with Gasteiger partial charge < -0.3 is 65.1 Å². The minimum absolute atomic E-state index is 0.214. The van der Waals surface area contributed by atoms with E-state index in [1.165, 1.54) is 89.9 Å². The lowest BCUT2D eigenvalue weighted by Crippen LogP contribution is -2.65. The zero-order chi connectivity index (χ0) is 41.1. The summed E-state index contributed by atoms with van der Waals surface area (Å²) in [4.78, 5) is 13.0. The number of amides is 1. The number of ether oxygens (including phenoxy) is 4. The number of unbranched alkanes of at least 4 members (excludes halogenated alkanes) is 20. The summed E-state index contributed by atoms with van der Waals surface area (Å²) in [6.07, 6.45) is 10.5. The van der Waals surface area contributed by atoms with Crippen molar-refractivity contribution in [3.8, 4) is 0 Å². The molecule has 0 bridgehead atoms. The largest absolute Gasteiger partial charge is 0.394 e. The molecule has 56 heavy (non-hydrogen) atoms. The van der Waals surface area contributed by atoms with Gasteiger partial charge in [0.15, 0.2) is 12.6 Å². The second-order valence-corrected chi connectivity index (χ2v) is 16.2. The van der Waals surface area contributed by atoms with Gasteiger partial charge in [-0.15, -0.1) is 0 Å². The van der Waals surface area contributed by atoms with Gasteiger partial charge in [0.1, 0.15) is 48.8 Å². The van der Waals surface area contributed by atoms with Gasteiger partial charge in [-0.05, 0) is 12.8 Å². The summed E-state index contributed by atoms with van der Waals surface area (Å²) in [6.45, 7) is 2.71. The molecule has 9 N–H and O–H groups in total. The molecule has 14 nitrogen and oxygen atoms in total. The van der Waals surface area contributed by atoms with Crippen molar-refractivity contribution in [1.29, 1.82) is 0 Å². The van der Waals surface area contributed by atoms with Crippen molar-refractivity contribution in [3.63, 3.8) is 0 Å². The molecule has 2 fully saturated rings. The summed E-state index contributed by atoms with van der Waals surface area (Å²) < 4.78 is 22.5. The Morgan fingerprint density at radius 3 is 1.52 bits per heavy atom. The molecule has 2 saturated heterocycles. The molecule has 2 rings (SSSR count). The number of nitrogens with one attached hydrogen (secondary N) is 1. The average molecular weight is 808 g/mol. The molecule has 0 radical (unpaired) electrons. The number of rotatable bonds is 33. The van der Waals surface area contributed by atoms with Gasteiger partial charge in [0.05, 0.1) is 32.0 Å². The molecule has 12 atom stereocenters. The van der Waals surface area contributed by atoms with E-state index in [9.17, 15) is 45.6 Å². The van der Waals surface area contributed by atoms with Gasteiger partial charge in [0.2, 0.25) is 5.91 Å². The molecule has 0 aromatic carbocycles. The Labute approximate surface area is 336 Å². The van der Waals surface area contributed by atoms with Crippen LogP contribution in [0.1, 0.15) is 168 Å². The predicted octanol–water partition coefficient (Wildman–Crippen LogP) is 3.88. The highest BCUT2D eigenvalue weighted by molar-refractivity contribution is 5.76. The Balaban J connectivity index is 1.74. The second-order valence-electron chi connectivity index (χ2n) is 16.2. The average Bonchev–Trinajstić information content (AvgIpc) is 3.19. The summed E-state index contributed by atoms with van der Waals surface area (Å²) in [7, 11) is 0. The van der Waals surface area contributed by atoms with Crippen LogP contribution in [0, 0.1) is 0 Å². The third-order valence-corrected chi connectivity index (χ3v) is 11.3. The van der Waals surface area contributed by atoms with Crippen molar-refractivity contribution < 1.29 is 64.6 Å². The maximum atomic E-state index is 13.0. The fourth-order valence-electron chi connectivity index (χ4n) is 7.59. The number of aliphatic hydroxyl groups is 8. The first-order valence-electron chi connectivity index (χ1n) is 22.3. The minimum Gasteiger partial charge on any atom is -0.394 e. The summed E-state index contributed by atoms with van der Waals surface area (Å²) >= 11 is 0. The zero-order valence-electron chi connectivity index (χ0n) is 34.6. The van der Waals surface area contributed by atoms with E-state index in [0.29, 0.717) is 12.8 Å². The third-order valence-electron chi connectivity index (χ3n) is 11.3. The number of aliphatic hydroxyl groups excluding tert-OH is 8. The van der Waals surface area contributed by atoms with Crippen molar-refractivity contribution in [2.75, 3.05) is 19.8 Å². The molecule has 1 amide bonds. The molecule has 0 aliphatic carbocycles. The number of hydrogen-bond acceptors (Lipinski definition) is 13. The lowest BCUT2D eigenvalue weighted by molar-refractivity contribution is -0.359. The number of carbonyl (C=O) groups is 1. The third kappa shape index (κ3) is 19.4. The quantitative estimate of drug-likeness (QED) is 0.0430. The monoisotopic (exact) mass is 808 g/mol. The molecule has 0 aromatic rings. The van der Waals surface area contributed by atoms with Gasteiger partial charge in [-0.3, -0.25) is 4.79 Å². The van der Waals surface area contributed by atoms with Crippen molar-refractivity contribution >= 4 is 5.91 Å². The summed E-state index contributed by atoms with van der Waals surface area (Å²) in [6, 6.07) is -0.816. The van der Waals surface area contributed by atoms with Gasteiger partial charge in [0.25, 0.3) is 0 Å². The Morgan fingerprint density at radius 1 is 0.571 bits per heavy atom. The minimum atomic E-state index is -1.78. The molecule has 0 aromatic heterocycles. The summed E-state index contributed by atoms with van der Waals surface area (Å²) in [5.41, 5.74) is 0. The van der Waals surface area contributed by atoms with E-state index in [1.54, 1.807) is 0 Å². The first kappa shape index (κ1) is 51.1. The van der Waals surface area contributed by atoms with Crippen molar-refractivity contribution in [2.24, 2.45) is 0 Å². The Morgan fingerprint density at radius 2 is 1.02 bits per heavy atom. The van der Waals surface area contributed by atoms with Crippen LogP contribution in [0.4, 0.5) is 0 Å². The van der Waals surface area contributed by atoms with Crippen LogP contribution in [0.2, 0.25) is 0 Å². The summed E-state index contributed by atoms with van der Waals surface area (Å²) in [5.74, 6) is -0.214. The standard InChI is InChI=1S/C42H81NO13/c1-3-5-7-9-10-11-12-13-14-15-16-17-18-19-20-21-22-24-26-34(47)43-30(31(46)25-23-8-6-4-2)29-53-41-39(52)37(50)40(33(28-45)55-41)56-42-38(51)36(49)35(48)32(27-44)54-42/h30-33,35-42,44-46,48-52H,3-29H2,1-2H3,(H,43,47). The van der Waals surface area contributed by atoms with Crippen LogP contribution in [-0.4, -0.2) is 140 Å². The maximum absolute atomic E-state index is 13.0. The van der Waals surface area contributed by atoms with E-state index < -0.39 is 86.8 Å². The van der Waals surface area contributed by atoms with Crippen LogP contribution >= 0.6 is 0 Å².